The van der Waals surface area contributed by atoms with Crippen LogP contribution in [0.25, 0.3) is 6.08 Å². The second kappa shape index (κ2) is 7.35. The van der Waals surface area contributed by atoms with Crippen molar-refractivity contribution >= 4 is 29.6 Å². The molecule has 132 valence electrons. The molecule has 2 aromatic rings. The van der Waals surface area contributed by atoms with Crippen LogP contribution < -0.4 is 4.90 Å². The second-order valence-corrected chi connectivity index (χ2v) is 6.43. The van der Waals surface area contributed by atoms with Crippen LogP contribution in [0.4, 0.5) is 10.5 Å². The molecule has 0 aromatic heterocycles. The van der Waals surface area contributed by atoms with Crippen molar-refractivity contribution in [1.82, 2.24) is 4.90 Å². The summed E-state index contributed by atoms with van der Waals surface area (Å²) in [4.78, 5) is 40.5. The Labute approximate surface area is 152 Å². The number of para-hydroxylation sites is 1. The zero-order chi connectivity index (χ0) is 18.7. The lowest BCUT2D eigenvalue weighted by atomic mass is 10.0. The van der Waals surface area contributed by atoms with E-state index in [1.807, 2.05) is 44.2 Å². The SMILES string of the molecule is CC(C)[C@H]1C(=O)N(c2ccccc2)C(=O)N1C(=O)/C=C\c1ccccc1. The molecule has 0 bridgehead atoms. The number of carbonyl (C=O) groups is 3. The molecule has 0 aliphatic carbocycles. The van der Waals surface area contributed by atoms with E-state index in [4.69, 9.17) is 0 Å². The van der Waals surface area contributed by atoms with Crippen molar-refractivity contribution in [2.24, 2.45) is 5.92 Å². The van der Waals surface area contributed by atoms with Gasteiger partial charge < -0.3 is 0 Å². The van der Waals surface area contributed by atoms with Gasteiger partial charge in [0.15, 0.2) is 0 Å². The van der Waals surface area contributed by atoms with Crippen molar-refractivity contribution in [3.05, 3.63) is 72.3 Å². The summed E-state index contributed by atoms with van der Waals surface area (Å²) >= 11 is 0. The van der Waals surface area contributed by atoms with Gasteiger partial charge >= 0.3 is 6.03 Å². The van der Waals surface area contributed by atoms with E-state index in [-0.39, 0.29) is 11.8 Å². The van der Waals surface area contributed by atoms with Gasteiger partial charge in [-0.15, -0.1) is 0 Å². The van der Waals surface area contributed by atoms with Crippen LogP contribution in [-0.2, 0) is 9.59 Å². The normalized spacial score (nSPS) is 17.6. The number of carbonyl (C=O) groups excluding carboxylic acids is 3. The van der Waals surface area contributed by atoms with E-state index in [0.29, 0.717) is 5.69 Å². The molecule has 1 saturated heterocycles. The molecule has 0 N–H and O–H groups in total. The summed E-state index contributed by atoms with van der Waals surface area (Å²) in [6, 6.07) is 16.6. The Morgan fingerprint density at radius 3 is 2.12 bits per heavy atom. The molecule has 5 heteroatoms. The van der Waals surface area contributed by atoms with E-state index in [1.54, 1.807) is 36.4 Å². The summed E-state index contributed by atoms with van der Waals surface area (Å²) < 4.78 is 0. The Hall–Kier alpha value is -3.21. The lowest BCUT2D eigenvalue weighted by molar-refractivity contribution is -0.130. The molecule has 1 fully saturated rings. The number of rotatable bonds is 4. The average Bonchev–Trinajstić information content (AvgIpc) is 2.92. The van der Waals surface area contributed by atoms with Crippen molar-refractivity contribution in [1.29, 1.82) is 0 Å². The molecular weight excluding hydrogens is 328 g/mol. The first-order valence-electron chi connectivity index (χ1n) is 8.50. The molecule has 0 saturated carbocycles. The molecule has 0 spiro atoms. The van der Waals surface area contributed by atoms with Crippen LogP contribution in [0.15, 0.2) is 66.7 Å². The third-order valence-corrected chi connectivity index (χ3v) is 4.25. The van der Waals surface area contributed by atoms with Gasteiger partial charge in [-0.3, -0.25) is 9.59 Å². The fourth-order valence-electron chi connectivity index (χ4n) is 3.01. The highest BCUT2D eigenvalue weighted by Crippen LogP contribution is 2.29. The zero-order valence-electron chi connectivity index (χ0n) is 14.7. The summed E-state index contributed by atoms with van der Waals surface area (Å²) in [6.45, 7) is 3.65. The lowest BCUT2D eigenvalue weighted by Crippen LogP contribution is -2.42. The third-order valence-electron chi connectivity index (χ3n) is 4.25. The summed E-state index contributed by atoms with van der Waals surface area (Å²) in [5.74, 6) is -1.06. The molecule has 0 radical (unpaired) electrons. The van der Waals surface area contributed by atoms with Crippen LogP contribution in [0.5, 0.6) is 0 Å². The lowest BCUT2D eigenvalue weighted by Gasteiger charge is -2.21. The Morgan fingerprint density at radius 2 is 1.54 bits per heavy atom. The van der Waals surface area contributed by atoms with Gasteiger partial charge in [0.05, 0.1) is 5.69 Å². The van der Waals surface area contributed by atoms with E-state index in [0.717, 1.165) is 15.4 Å². The van der Waals surface area contributed by atoms with E-state index in [1.165, 1.54) is 6.08 Å². The molecule has 5 nitrogen and oxygen atoms in total. The molecule has 26 heavy (non-hydrogen) atoms. The number of benzene rings is 2. The van der Waals surface area contributed by atoms with Gasteiger partial charge in [-0.05, 0) is 29.7 Å². The third kappa shape index (κ3) is 3.28. The highest BCUT2D eigenvalue weighted by molar-refractivity contribution is 6.26. The number of amides is 4. The predicted molar refractivity (Wildman–Crippen MR) is 100 cm³/mol. The Kier molecular flexibility index (Phi) is 4.98. The number of hydrogen-bond acceptors (Lipinski definition) is 3. The van der Waals surface area contributed by atoms with Gasteiger partial charge in [-0.2, -0.15) is 0 Å². The first kappa shape index (κ1) is 17.6. The first-order chi connectivity index (χ1) is 12.5. The molecule has 1 atom stereocenters. The molecule has 1 aliphatic heterocycles. The number of urea groups is 1. The molecule has 3 rings (SSSR count). The number of nitrogens with zero attached hydrogens (tertiary/aromatic N) is 2. The molecule has 1 aliphatic rings. The minimum absolute atomic E-state index is 0.186. The minimum atomic E-state index is -0.810. The van der Waals surface area contributed by atoms with Crippen molar-refractivity contribution in [3.63, 3.8) is 0 Å². The monoisotopic (exact) mass is 348 g/mol. The molecule has 2 aromatic carbocycles. The predicted octanol–water partition coefficient (Wildman–Crippen LogP) is 3.72. The maximum absolute atomic E-state index is 12.9. The second-order valence-electron chi connectivity index (χ2n) is 6.43. The summed E-state index contributed by atoms with van der Waals surface area (Å²) in [7, 11) is 0. The van der Waals surface area contributed by atoms with Gasteiger partial charge in [0.25, 0.3) is 11.8 Å². The van der Waals surface area contributed by atoms with Crippen LogP contribution in [-0.4, -0.2) is 28.8 Å². The fraction of sp³-hybridized carbons (Fsp3) is 0.190. The van der Waals surface area contributed by atoms with Gasteiger partial charge in [0, 0.05) is 6.08 Å². The Bertz CT molecular complexity index is 844. The average molecular weight is 348 g/mol. The number of anilines is 1. The molecule has 0 unspecified atom stereocenters. The summed E-state index contributed by atoms with van der Waals surface area (Å²) in [5.41, 5.74) is 1.32. The van der Waals surface area contributed by atoms with Gasteiger partial charge in [-0.25, -0.2) is 14.6 Å². The standard InChI is InChI=1S/C21H20N2O3/c1-15(2)19-20(25)22(17-11-7-4-8-12-17)21(26)23(19)18(24)14-13-16-9-5-3-6-10-16/h3-15,19H,1-2H3/b14-13-/t19-/m0/s1. The van der Waals surface area contributed by atoms with E-state index < -0.39 is 18.0 Å². The van der Waals surface area contributed by atoms with Crippen LogP contribution in [0.3, 0.4) is 0 Å². The van der Waals surface area contributed by atoms with Crippen LogP contribution >= 0.6 is 0 Å². The topological polar surface area (TPSA) is 57.7 Å². The van der Waals surface area contributed by atoms with Crippen LogP contribution in [0.1, 0.15) is 19.4 Å². The molecule has 1 heterocycles. The van der Waals surface area contributed by atoms with Crippen molar-refractivity contribution in [2.75, 3.05) is 4.90 Å². The first-order valence-corrected chi connectivity index (χ1v) is 8.50. The summed E-state index contributed by atoms with van der Waals surface area (Å²) in [5, 5.41) is 0. The summed E-state index contributed by atoms with van der Waals surface area (Å²) in [6.07, 6.45) is 2.98. The largest absolute Gasteiger partial charge is 0.339 e. The number of imide groups is 2. The highest BCUT2D eigenvalue weighted by atomic mass is 16.2. The fourth-order valence-corrected chi connectivity index (χ4v) is 3.01. The van der Waals surface area contributed by atoms with Crippen molar-refractivity contribution in [3.8, 4) is 0 Å². The number of hydrogen-bond donors (Lipinski definition) is 0. The molecule has 4 amide bonds. The highest BCUT2D eigenvalue weighted by Gasteiger charge is 2.49. The maximum atomic E-state index is 12.9. The van der Waals surface area contributed by atoms with Crippen molar-refractivity contribution in [2.45, 2.75) is 19.9 Å². The van der Waals surface area contributed by atoms with Gasteiger partial charge in [0.2, 0.25) is 0 Å². The van der Waals surface area contributed by atoms with Crippen molar-refractivity contribution < 1.29 is 14.4 Å². The maximum Gasteiger partial charge on any atom is 0.339 e. The van der Waals surface area contributed by atoms with Gasteiger partial charge in [0.1, 0.15) is 6.04 Å². The van der Waals surface area contributed by atoms with E-state index >= 15 is 0 Å². The minimum Gasteiger partial charge on any atom is -0.272 e. The van der Waals surface area contributed by atoms with Gasteiger partial charge in [-0.1, -0.05) is 62.4 Å². The Morgan fingerprint density at radius 1 is 0.962 bits per heavy atom. The smallest absolute Gasteiger partial charge is 0.272 e. The zero-order valence-corrected chi connectivity index (χ0v) is 14.7. The van der Waals surface area contributed by atoms with E-state index in [2.05, 4.69) is 0 Å². The Balaban J connectivity index is 1.91. The van der Waals surface area contributed by atoms with Crippen LogP contribution in [0, 0.1) is 5.92 Å². The molecular formula is C21H20N2O3. The quantitative estimate of drug-likeness (QED) is 0.625. The van der Waals surface area contributed by atoms with Crippen LogP contribution in [0.2, 0.25) is 0 Å². The van der Waals surface area contributed by atoms with E-state index in [9.17, 15) is 14.4 Å².